The van der Waals surface area contributed by atoms with Crippen LogP contribution in [0, 0.1) is 0 Å². The van der Waals surface area contributed by atoms with Gasteiger partial charge in [0.1, 0.15) is 6.04 Å². The highest BCUT2D eigenvalue weighted by Crippen LogP contribution is 2.10. The fourth-order valence-electron chi connectivity index (χ4n) is 1.84. The summed E-state index contributed by atoms with van der Waals surface area (Å²) in [7, 11) is 0. The Kier molecular flexibility index (Phi) is 3.41. The first-order valence-electron chi connectivity index (χ1n) is 5.68. The molecule has 2 rings (SSSR count). The summed E-state index contributed by atoms with van der Waals surface area (Å²) in [5.41, 5.74) is 0. The van der Waals surface area contributed by atoms with E-state index in [1.54, 1.807) is 17.2 Å². The van der Waals surface area contributed by atoms with Gasteiger partial charge in [0.2, 0.25) is 11.8 Å². The number of nitrogens with one attached hydrogen (secondary N) is 1. The predicted molar refractivity (Wildman–Crippen MR) is 58.8 cm³/mol. The zero-order valence-electron chi connectivity index (χ0n) is 9.68. The Balaban J connectivity index is 2.09. The molecule has 6 nitrogen and oxygen atoms in total. The summed E-state index contributed by atoms with van der Waals surface area (Å²) in [6.07, 6.45) is 2.46. The molecular weight excluding hydrogens is 222 g/mol. The lowest BCUT2D eigenvalue weighted by Gasteiger charge is -2.21. The van der Waals surface area contributed by atoms with E-state index in [9.17, 15) is 9.59 Å². The molecular formula is C11H15N3O3. The highest BCUT2D eigenvalue weighted by atomic mass is 16.5. The van der Waals surface area contributed by atoms with Gasteiger partial charge < -0.3 is 14.7 Å². The monoisotopic (exact) mass is 237 g/mol. The quantitative estimate of drug-likeness (QED) is 0.820. The Morgan fingerprint density at radius 3 is 3.06 bits per heavy atom. The summed E-state index contributed by atoms with van der Waals surface area (Å²) in [6, 6.07) is 1.29. The number of aromatic nitrogens is 1. The van der Waals surface area contributed by atoms with E-state index in [0.29, 0.717) is 31.7 Å². The molecule has 2 amide bonds. The van der Waals surface area contributed by atoms with E-state index in [0.717, 1.165) is 0 Å². The molecule has 0 aromatic carbocycles. The van der Waals surface area contributed by atoms with Crippen molar-refractivity contribution in [2.24, 2.45) is 0 Å². The summed E-state index contributed by atoms with van der Waals surface area (Å²) >= 11 is 0. The molecule has 1 atom stereocenters. The van der Waals surface area contributed by atoms with E-state index in [1.165, 1.54) is 0 Å². The third-order valence-electron chi connectivity index (χ3n) is 2.80. The number of rotatable bonds is 3. The molecule has 0 saturated carbocycles. The van der Waals surface area contributed by atoms with Crippen LogP contribution in [0.2, 0.25) is 0 Å². The van der Waals surface area contributed by atoms with E-state index in [4.69, 9.17) is 4.52 Å². The Morgan fingerprint density at radius 1 is 1.59 bits per heavy atom. The molecule has 1 aromatic rings. The molecule has 0 spiro atoms. The Labute approximate surface area is 98.9 Å². The number of carbonyl (C=O) groups excluding carboxylic acids is 2. The van der Waals surface area contributed by atoms with Crippen LogP contribution in [0.25, 0.3) is 0 Å². The molecule has 1 aromatic heterocycles. The summed E-state index contributed by atoms with van der Waals surface area (Å²) < 4.78 is 4.97. The molecule has 1 unspecified atom stereocenters. The minimum Gasteiger partial charge on any atom is -0.360 e. The number of nitrogens with zero attached hydrogens (tertiary/aromatic N) is 2. The molecule has 1 fully saturated rings. The Bertz CT molecular complexity index is 402. The number of hydrogen-bond donors (Lipinski definition) is 1. The van der Waals surface area contributed by atoms with Crippen LogP contribution in [0.15, 0.2) is 16.8 Å². The highest BCUT2D eigenvalue weighted by Gasteiger charge is 2.28. The van der Waals surface area contributed by atoms with Crippen LogP contribution in [-0.2, 0) is 16.1 Å². The van der Waals surface area contributed by atoms with Crippen LogP contribution < -0.4 is 5.32 Å². The van der Waals surface area contributed by atoms with Crippen molar-refractivity contribution < 1.29 is 14.1 Å². The molecule has 1 N–H and O–H groups in total. The van der Waals surface area contributed by atoms with Gasteiger partial charge in [-0.3, -0.25) is 9.59 Å². The van der Waals surface area contributed by atoms with E-state index in [1.807, 2.05) is 6.92 Å². The van der Waals surface area contributed by atoms with Gasteiger partial charge in [-0.1, -0.05) is 12.1 Å². The van der Waals surface area contributed by atoms with Gasteiger partial charge in [0.25, 0.3) is 0 Å². The van der Waals surface area contributed by atoms with Crippen molar-refractivity contribution in [1.29, 1.82) is 0 Å². The van der Waals surface area contributed by atoms with Crippen LogP contribution in [0.3, 0.4) is 0 Å². The number of hydrogen-bond acceptors (Lipinski definition) is 4. The third-order valence-corrected chi connectivity index (χ3v) is 2.80. The minimum atomic E-state index is -0.423. The van der Waals surface area contributed by atoms with Gasteiger partial charge in [0.15, 0.2) is 5.76 Å². The lowest BCUT2D eigenvalue weighted by molar-refractivity contribution is -0.134. The average molecular weight is 237 g/mol. The SMILES string of the molecule is CCC1NC(=O)CCN(Cc2ccno2)C1=O. The van der Waals surface area contributed by atoms with Crippen molar-refractivity contribution in [1.82, 2.24) is 15.4 Å². The lowest BCUT2D eigenvalue weighted by Crippen LogP contribution is -2.43. The fraction of sp³-hybridized carbons (Fsp3) is 0.545. The number of amides is 2. The molecule has 6 heteroatoms. The van der Waals surface area contributed by atoms with Crippen LogP contribution >= 0.6 is 0 Å². The first-order valence-corrected chi connectivity index (χ1v) is 5.68. The first-order chi connectivity index (χ1) is 8.20. The lowest BCUT2D eigenvalue weighted by atomic mass is 10.2. The van der Waals surface area contributed by atoms with E-state index in [2.05, 4.69) is 10.5 Å². The summed E-state index contributed by atoms with van der Waals surface area (Å²) in [6.45, 7) is 2.66. The number of carbonyl (C=O) groups is 2. The van der Waals surface area contributed by atoms with Gasteiger partial charge in [-0.2, -0.15) is 0 Å². The summed E-state index contributed by atoms with van der Waals surface area (Å²) in [5.74, 6) is 0.488. The molecule has 1 aliphatic heterocycles. The molecule has 0 aliphatic carbocycles. The van der Waals surface area contributed by atoms with Gasteiger partial charge in [-0.05, 0) is 6.42 Å². The first kappa shape index (κ1) is 11.6. The Hall–Kier alpha value is -1.85. The van der Waals surface area contributed by atoms with Crippen molar-refractivity contribution in [3.8, 4) is 0 Å². The van der Waals surface area contributed by atoms with Gasteiger partial charge in [-0.25, -0.2) is 0 Å². The molecule has 1 aliphatic rings. The van der Waals surface area contributed by atoms with Crippen LogP contribution in [-0.4, -0.2) is 34.5 Å². The zero-order valence-corrected chi connectivity index (χ0v) is 9.68. The molecule has 0 radical (unpaired) electrons. The summed E-state index contributed by atoms with van der Waals surface area (Å²) in [5, 5.41) is 6.31. The van der Waals surface area contributed by atoms with Crippen LogP contribution in [0.5, 0.6) is 0 Å². The predicted octanol–water partition coefficient (Wildman–Crippen LogP) is 0.302. The second-order valence-corrected chi connectivity index (χ2v) is 4.02. The molecule has 0 bridgehead atoms. The maximum atomic E-state index is 12.1. The van der Waals surface area contributed by atoms with Gasteiger partial charge in [-0.15, -0.1) is 0 Å². The highest BCUT2D eigenvalue weighted by molar-refractivity contribution is 5.89. The fourth-order valence-corrected chi connectivity index (χ4v) is 1.84. The second-order valence-electron chi connectivity index (χ2n) is 4.02. The van der Waals surface area contributed by atoms with E-state index < -0.39 is 6.04 Å². The van der Waals surface area contributed by atoms with Crippen molar-refractivity contribution in [2.45, 2.75) is 32.4 Å². The topological polar surface area (TPSA) is 75.4 Å². The molecule has 2 heterocycles. The van der Waals surface area contributed by atoms with Crippen molar-refractivity contribution in [2.75, 3.05) is 6.54 Å². The molecule has 1 saturated heterocycles. The van der Waals surface area contributed by atoms with Crippen LogP contribution in [0.1, 0.15) is 25.5 Å². The van der Waals surface area contributed by atoms with Gasteiger partial charge >= 0.3 is 0 Å². The molecule has 17 heavy (non-hydrogen) atoms. The normalized spacial score (nSPS) is 21.2. The standard InChI is InChI=1S/C11H15N3O3/c1-2-9-11(16)14(6-4-10(15)13-9)7-8-3-5-12-17-8/h3,5,9H,2,4,6-7H2,1H3,(H,13,15). The maximum Gasteiger partial charge on any atom is 0.245 e. The smallest absolute Gasteiger partial charge is 0.245 e. The Morgan fingerprint density at radius 2 is 2.41 bits per heavy atom. The molecule has 92 valence electrons. The van der Waals surface area contributed by atoms with Crippen molar-refractivity contribution >= 4 is 11.8 Å². The van der Waals surface area contributed by atoms with Crippen molar-refractivity contribution in [3.63, 3.8) is 0 Å². The zero-order chi connectivity index (χ0) is 12.3. The van der Waals surface area contributed by atoms with Gasteiger partial charge in [0, 0.05) is 19.0 Å². The largest absolute Gasteiger partial charge is 0.360 e. The van der Waals surface area contributed by atoms with E-state index in [-0.39, 0.29) is 11.8 Å². The maximum absolute atomic E-state index is 12.1. The van der Waals surface area contributed by atoms with E-state index >= 15 is 0 Å². The van der Waals surface area contributed by atoms with Gasteiger partial charge in [0.05, 0.1) is 12.7 Å². The third kappa shape index (κ3) is 2.64. The average Bonchev–Trinajstić information content (AvgIpc) is 2.78. The van der Waals surface area contributed by atoms with Crippen LogP contribution in [0.4, 0.5) is 0 Å². The van der Waals surface area contributed by atoms with Crippen molar-refractivity contribution in [3.05, 3.63) is 18.0 Å². The second kappa shape index (κ2) is 4.99. The summed E-state index contributed by atoms with van der Waals surface area (Å²) in [4.78, 5) is 25.1. The minimum absolute atomic E-state index is 0.0604.